The van der Waals surface area contributed by atoms with Crippen molar-refractivity contribution in [3.8, 4) is 0 Å². The lowest BCUT2D eigenvalue weighted by molar-refractivity contribution is -0.118. The number of hydrogen-bond acceptors (Lipinski definition) is 3. The number of amides is 1. The third-order valence-electron chi connectivity index (χ3n) is 2.02. The van der Waals surface area contributed by atoms with Crippen molar-refractivity contribution < 1.29 is 4.79 Å². The van der Waals surface area contributed by atoms with Gasteiger partial charge in [-0.25, -0.2) is 4.98 Å². The number of hydrogen-bond donors (Lipinski definition) is 2. The molecule has 1 aromatic rings. The predicted molar refractivity (Wildman–Crippen MR) is 60.7 cm³/mol. The summed E-state index contributed by atoms with van der Waals surface area (Å²) in [5, 5.41) is 3.06. The summed E-state index contributed by atoms with van der Waals surface area (Å²) >= 11 is 5.61. The van der Waals surface area contributed by atoms with E-state index in [1.807, 2.05) is 13.8 Å². The molecular formula is C10H14ClN3O. The second kappa shape index (κ2) is 5.09. The van der Waals surface area contributed by atoms with Crippen LogP contribution in [0.25, 0.3) is 0 Å². The van der Waals surface area contributed by atoms with Gasteiger partial charge in [-0.05, 0) is 18.1 Å². The lowest BCUT2D eigenvalue weighted by atomic mass is 10.1. The van der Waals surface area contributed by atoms with E-state index in [2.05, 4.69) is 10.3 Å². The van der Waals surface area contributed by atoms with Gasteiger partial charge in [-0.2, -0.15) is 0 Å². The molecule has 0 fully saturated rings. The fourth-order valence-corrected chi connectivity index (χ4v) is 1.09. The number of nitrogens with one attached hydrogen (secondary N) is 1. The molecule has 0 spiro atoms. The van der Waals surface area contributed by atoms with Crippen molar-refractivity contribution in [3.63, 3.8) is 0 Å². The first-order valence-corrected chi connectivity index (χ1v) is 5.06. The molecule has 0 aliphatic carbocycles. The zero-order chi connectivity index (χ0) is 11.4. The van der Waals surface area contributed by atoms with Crippen LogP contribution in [0.2, 0.25) is 5.15 Å². The highest BCUT2D eigenvalue weighted by Crippen LogP contribution is 2.10. The van der Waals surface area contributed by atoms with Crippen LogP contribution in [0.15, 0.2) is 18.3 Å². The molecule has 82 valence electrons. The third kappa shape index (κ3) is 3.49. The number of carbonyl (C=O) groups is 1. The molecule has 1 heterocycles. The monoisotopic (exact) mass is 227 g/mol. The second-order valence-corrected chi connectivity index (χ2v) is 4.02. The van der Waals surface area contributed by atoms with Crippen LogP contribution in [0, 0.1) is 5.92 Å². The van der Waals surface area contributed by atoms with Gasteiger partial charge >= 0.3 is 0 Å². The first-order chi connectivity index (χ1) is 7.00. The van der Waals surface area contributed by atoms with Crippen molar-refractivity contribution in [3.05, 3.63) is 23.5 Å². The van der Waals surface area contributed by atoms with Gasteiger partial charge in [-0.3, -0.25) is 4.79 Å². The van der Waals surface area contributed by atoms with Gasteiger partial charge in [-0.1, -0.05) is 25.4 Å². The summed E-state index contributed by atoms with van der Waals surface area (Å²) in [7, 11) is 0. The first-order valence-electron chi connectivity index (χ1n) is 4.68. The van der Waals surface area contributed by atoms with Crippen molar-refractivity contribution in [1.29, 1.82) is 0 Å². The van der Waals surface area contributed by atoms with Crippen LogP contribution in [-0.2, 0) is 4.79 Å². The molecule has 1 aromatic heterocycles. The maximum atomic E-state index is 11.5. The number of halogens is 1. The Morgan fingerprint density at radius 3 is 2.67 bits per heavy atom. The first kappa shape index (κ1) is 11.9. The lowest BCUT2D eigenvalue weighted by Gasteiger charge is -2.14. The zero-order valence-electron chi connectivity index (χ0n) is 8.70. The Hall–Kier alpha value is -1.13. The van der Waals surface area contributed by atoms with E-state index in [-0.39, 0.29) is 11.8 Å². The van der Waals surface area contributed by atoms with Gasteiger partial charge in [0.2, 0.25) is 5.91 Å². The lowest BCUT2D eigenvalue weighted by Crippen LogP contribution is -2.39. The molecule has 15 heavy (non-hydrogen) atoms. The average Bonchev–Trinajstić information content (AvgIpc) is 2.20. The summed E-state index contributed by atoms with van der Waals surface area (Å²) < 4.78 is 0. The van der Waals surface area contributed by atoms with E-state index < -0.39 is 6.04 Å². The zero-order valence-corrected chi connectivity index (χ0v) is 9.45. The third-order valence-corrected chi connectivity index (χ3v) is 2.24. The predicted octanol–water partition coefficient (Wildman–Crippen LogP) is 1.66. The van der Waals surface area contributed by atoms with E-state index in [0.29, 0.717) is 10.8 Å². The number of nitrogens with zero attached hydrogens (tertiary/aromatic N) is 1. The van der Waals surface area contributed by atoms with Crippen molar-refractivity contribution in [2.45, 2.75) is 19.9 Å². The van der Waals surface area contributed by atoms with E-state index in [0.717, 1.165) is 0 Å². The topological polar surface area (TPSA) is 68.0 Å². The Morgan fingerprint density at radius 2 is 2.20 bits per heavy atom. The van der Waals surface area contributed by atoms with Gasteiger partial charge in [0, 0.05) is 0 Å². The van der Waals surface area contributed by atoms with Crippen LogP contribution in [0.1, 0.15) is 13.8 Å². The Bertz CT molecular complexity index is 337. The Balaban J connectivity index is 2.62. The van der Waals surface area contributed by atoms with Crippen molar-refractivity contribution >= 4 is 23.2 Å². The summed E-state index contributed by atoms with van der Waals surface area (Å²) in [6, 6.07) is 2.78. The van der Waals surface area contributed by atoms with Crippen LogP contribution >= 0.6 is 11.6 Å². The standard InChI is InChI=1S/C10H14ClN3O/c1-6(2)9(12)10(15)14-7-3-4-8(11)13-5-7/h3-6,9H,12H2,1-2H3,(H,14,15)/t9-/m0/s1. The van der Waals surface area contributed by atoms with Crippen LogP contribution in [-0.4, -0.2) is 16.9 Å². The van der Waals surface area contributed by atoms with E-state index >= 15 is 0 Å². The Labute approximate surface area is 93.8 Å². The minimum absolute atomic E-state index is 0.102. The van der Waals surface area contributed by atoms with Crippen molar-refractivity contribution in [2.24, 2.45) is 11.7 Å². The summed E-state index contributed by atoms with van der Waals surface area (Å²) in [4.78, 5) is 15.4. The van der Waals surface area contributed by atoms with Crippen LogP contribution in [0.3, 0.4) is 0 Å². The number of anilines is 1. The van der Waals surface area contributed by atoms with Crippen LogP contribution in [0.5, 0.6) is 0 Å². The minimum atomic E-state index is -0.513. The molecule has 0 radical (unpaired) electrons. The van der Waals surface area contributed by atoms with Gasteiger partial charge in [-0.15, -0.1) is 0 Å². The molecule has 0 aromatic carbocycles. The van der Waals surface area contributed by atoms with Crippen molar-refractivity contribution in [2.75, 3.05) is 5.32 Å². The average molecular weight is 228 g/mol. The van der Waals surface area contributed by atoms with E-state index in [4.69, 9.17) is 17.3 Å². The Kier molecular flexibility index (Phi) is 4.05. The van der Waals surface area contributed by atoms with Gasteiger partial charge in [0.1, 0.15) is 5.15 Å². The SMILES string of the molecule is CC(C)[C@H](N)C(=O)Nc1ccc(Cl)nc1. The summed E-state index contributed by atoms with van der Waals surface area (Å²) in [6.45, 7) is 3.79. The molecule has 5 heteroatoms. The highest BCUT2D eigenvalue weighted by atomic mass is 35.5. The molecule has 3 N–H and O–H groups in total. The van der Waals surface area contributed by atoms with Gasteiger partial charge in [0.25, 0.3) is 0 Å². The number of nitrogens with two attached hydrogens (primary N) is 1. The smallest absolute Gasteiger partial charge is 0.241 e. The molecule has 0 aliphatic heterocycles. The maximum absolute atomic E-state index is 11.5. The molecule has 4 nitrogen and oxygen atoms in total. The molecule has 1 amide bonds. The fraction of sp³-hybridized carbons (Fsp3) is 0.400. The minimum Gasteiger partial charge on any atom is -0.323 e. The summed E-state index contributed by atoms with van der Waals surface area (Å²) in [5.74, 6) is -0.112. The Morgan fingerprint density at radius 1 is 1.53 bits per heavy atom. The number of carbonyl (C=O) groups excluding carboxylic acids is 1. The normalized spacial score (nSPS) is 12.6. The van der Waals surface area contributed by atoms with Gasteiger partial charge in [0.05, 0.1) is 17.9 Å². The highest BCUT2D eigenvalue weighted by Gasteiger charge is 2.16. The summed E-state index contributed by atoms with van der Waals surface area (Å²) in [5.41, 5.74) is 6.28. The summed E-state index contributed by atoms with van der Waals surface area (Å²) in [6.07, 6.45) is 1.49. The molecule has 1 rings (SSSR count). The van der Waals surface area contributed by atoms with Crippen LogP contribution < -0.4 is 11.1 Å². The fourth-order valence-electron chi connectivity index (χ4n) is 0.978. The molecule has 0 bridgehead atoms. The van der Waals surface area contributed by atoms with Gasteiger partial charge < -0.3 is 11.1 Å². The van der Waals surface area contributed by atoms with Crippen molar-refractivity contribution in [1.82, 2.24) is 4.98 Å². The van der Waals surface area contributed by atoms with Gasteiger partial charge in [0.15, 0.2) is 0 Å². The second-order valence-electron chi connectivity index (χ2n) is 3.63. The quantitative estimate of drug-likeness (QED) is 0.772. The number of rotatable bonds is 3. The molecule has 1 atom stereocenters. The molecular weight excluding hydrogens is 214 g/mol. The van der Waals surface area contributed by atoms with E-state index in [9.17, 15) is 4.79 Å². The molecule has 0 saturated heterocycles. The molecule has 0 aliphatic rings. The number of pyridine rings is 1. The molecule has 0 unspecified atom stereocenters. The van der Waals surface area contributed by atoms with E-state index in [1.165, 1.54) is 6.20 Å². The van der Waals surface area contributed by atoms with E-state index in [1.54, 1.807) is 12.1 Å². The van der Waals surface area contributed by atoms with Crippen LogP contribution in [0.4, 0.5) is 5.69 Å². The largest absolute Gasteiger partial charge is 0.323 e. The molecule has 0 saturated carbocycles. The maximum Gasteiger partial charge on any atom is 0.241 e. The number of aromatic nitrogens is 1. The highest BCUT2D eigenvalue weighted by molar-refractivity contribution is 6.29.